The maximum atomic E-state index is 11.8. The fourth-order valence-corrected chi connectivity index (χ4v) is 2.74. The Morgan fingerprint density at radius 1 is 1.46 bits per heavy atom. The maximum Gasteiger partial charge on any atom is 0.265 e. The fourth-order valence-electron chi connectivity index (χ4n) is 1.23. The summed E-state index contributed by atoms with van der Waals surface area (Å²) in [4.78, 5) is 14.4. The molecule has 0 spiro atoms. The van der Waals surface area contributed by atoms with Crippen molar-refractivity contribution < 1.29 is 4.79 Å². The van der Waals surface area contributed by atoms with Gasteiger partial charge in [0.15, 0.2) is 0 Å². The molecule has 0 unspecified atom stereocenters. The molecule has 0 fully saturated rings. The highest BCUT2D eigenvalue weighted by Gasteiger charge is 2.19. The predicted molar refractivity (Wildman–Crippen MR) is 57.1 cm³/mol. The van der Waals surface area contributed by atoms with Crippen LogP contribution in [0.3, 0.4) is 0 Å². The van der Waals surface area contributed by atoms with Crippen LogP contribution in [0, 0.1) is 0 Å². The Balaban J connectivity index is 2.18. The number of thiophene rings is 1. The van der Waals surface area contributed by atoms with E-state index in [0.29, 0.717) is 0 Å². The van der Waals surface area contributed by atoms with E-state index in [-0.39, 0.29) is 5.91 Å². The summed E-state index contributed by atoms with van der Waals surface area (Å²) >= 11 is 4.84. The van der Waals surface area contributed by atoms with Crippen molar-refractivity contribution in [1.82, 2.24) is 4.90 Å². The maximum absolute atomic E-state index is 11.8. The van der Waals surface area contributed by atoms with E-state index in [0.717, 1.165) is 22.4 Å². The van der Waals surface area contributed by atoms with Gasteiger partial charge < -0.3 is 4.90 Å². The van der Waals surface area contributed by atoms with Crippen molar-refractivity contribution in [3.8, 4) is 0 Å². The molecule has 0 aromatic carbocycles. The average Bonchev–Trinajstić information content (AvgIpc) is 2.72. The first-order valence-corrected chi connectivity index (χ1v) is 5.63. The molecule has 0 aliphatic carbocycles. The number of amides is 1. The second-order valence-corrected chi connectivity index (χ2v) is 4.55. The zero-order valence-corrected chi connectivity index (χ0v) is 9.27. The molecular weight excluding hydrogens is 250 g/mol. The number of hydrogen-bond donors (Lipinski definition) is 0. The highest BCUT2D eigenvalue weighted by Crippen LogP contribution is 2.24. The average molecular weight is 258 g/mol. The summed E-state index contributed by atoms with van der Waals surface area (Å²) < 4.78 is 0.898. The molecule has 1 aliphatic heterocycles. The van der Waals surface area contributed by atoms with Crippen LogP contribution in [0.15, 0.2) is 28.1 Å². The third-order valence-corrected chi connectivity index (χ3v) is 3.74. The lowest BCUT2D eigenvalue weighted by molar-refractivity contribution is 0.0804. The first kappa shape index (κ1) is 8.97. The highest BCUT2D eigenvalue weighted by molar-refractivity contribution is 9.10. The molecule has 4 heteroatoms. The van der Waals surface area contributed by atoms with Crippen molar-refractivity contribution in [3.05, 3.63) is 32.9 Å². The van der Waals surface area contributed by atoms with Gasteiger partial charge in [-0.2, -0.15) is 0 Å². The minimum atomic E-state index is 0.117. The van der Waals surface area contributed by atoms with Gasteiger partial charge in [-0.05, 0) is 27.4 Å². The van der Waals surface area contributed by atoms with Gasteiger partial charge in [0.1, 0.15) is 4.88 Å². The zero-order valence-electron chi connectivity index (χ0n) is 6.87. The van der Waals surface area contributed by atoms with Crippen LogP contribution in [0.1, 0.15) is 9.67 Å². The molecule has 0 saturated heterocycles. The number of nitrogens with zero attached hydrogens (tertiary/aromatic N) is 1. The number of carbonyl (C=O) groups excluding carboxylic acids is 1. The van der Waals surface area contributed by atoms with Gasteiger partial charge in [0.05, 0.1) is 0 Å². The van der Waals surface area contributed by atoms with Gasteiger partial charge in [0.25, 0.3) is 5.91 Å². The van der Waals surface area contributed by atoms with E-state index in [2.05, 4.69) is 15.9 Å². The number of rotatable bonds is 1. The lowest BCUT2D eigenvalue weighted by Crippen LogP contribution is -2.27. The third kappa shape index (κ3) is 1.69. The standard InChI is InChI=1S/C9H8BrNOS/c10-7-3-6-13-8(7)9(12)11-4-1-2-5-11/h1-3,6H,4-5H2. The minimum absolute atomic E-state index is 0.117. The summed E-state index contributed by atoms with van der Waals surface area (Å²) in [6.07, 6.45) is 4.03. The van der Waals surface area contributed by atoms with Crippen molar-refractivity contribution in [2.24, 2.45) is 0 Å². The third-order valence-electron chi connectivity index (χ3n) is 1.92. The van der Waals surface area contributed by atoms with Gasteiger partial charge >= 0.3 is 0 Å². The monoisotopic (exact) mass is 257 g/mol. The van der Waals surface area contributed by atoms with E-state index in [9.17, 15) is 4.79 Å². The highest BCUT2D eigenvalue weighted by atomic mass is 79.9. The Hall–Kier alpha value is -0.610. The van der Waals surface area contributed by atoms with Gasteiger partial charge in [-0.25, -0.2) is 0 Å². The van der Waals surface area contributed by atoms with E-state index < -0.39 is 0 Å². The SMILES string of the molecule is O=C(c1sccc1Br)N1CC=CC1. The molecule has 0 atom stereocenters. The number of halogens is 1. The van der Waals surface area contributed by atoms with E-state index >= 15 is 0 Å². The molecule has 1 aliphatic rings. The van der Waals surface area contributed by atoms with Crippen molar-refractivity contribution in [3.63, 3.8) is 0 Å². The summed E-state index contributed by atoms with van der Waals surface area (Å²) in [7, 11) is 0. The molecule has 0 saturated carbocycles. The van der Waals surface area contributed by atoms with Crippen LogP contribution in [0.4, 0.5) is 0 Å². The summed E-state index contributed by atoms with van der Waals surface area (Å²) in [6, 6.07) is 1.90. The quantitative estimate of drug-likeness (QED) is 0.709. The lowest BCUT2D eigenvalue weighted by atomic mass is 10.4. The first-order chi connectivity index (χ1) is 6.29. The van der Waals surface area contributed by atoms with E-state index in [1.54, 1.807) is 0 Å². The molecule has 2 heterocycles. The van der Waals surface area contributed by atoms with Crippen molar-refractivity contribution >= 4 is 33.2 Å². The molecule has 13 heavy (non-hydrogen) atoms. The van der Waals surface area contributed by atoms with Crippen LogP contribution in [0.5, 0.6) is 0 Å². The Labute approximate surface area is 89.0 Å². The van der Waals surface area contributed by atoms with E-state index in [4.69, 9.17) is 0 Å². The van der Waals surface area contributed by atoms with E-state index in [1.165, 1.54) is 11.3 Å². The van der Waals surface area contributed by atoms with Crippen molar-refractivity contribution in [1.29, 1.82) is 0 Å². The minimum Gasteiger partial charge on any atom is -0.330 e. The van der Waals surface area contributed by atoms with Gasteiger partial charge in [0.2, 0.25) is 0 Å². The largest absolute Gasteiger partial charge is 0.330 e. The molecule has 2 nitrogen and oxygen atoms in total. The molecule has 1 amide bonds. The van der Waals surface area contributed by atoms with Crippen LogP contribution >= 0.6 is 27.3 Å². The molecule has 2 rings (SSSR count). The topological polar surface area (TPSA) is 20.3 Å². The van der Waals surface area contributed by atoms with Crippen LogP contribution in [0.2, 0.25) is 0 Å². The summed E-state index contributed by atoms with van der Waals surface area (Å²) in [6.45, 7) is 1.48. The molecule has 0 N–H and O–H groups in total. The molecule has 0 radical (unpaired) electrons. The smallest absolute Gasteiger partial charge is 0.265 e. The van der Waals surface area contributed by atoms with Gasteiger partial charge in [0, 0.05) is 17.6 Å². The Morgan fingerprint density at radius 2 is 2.15 bits per heavy atom. The van der Waals surface area contributed by atoms with Crippen LogP contribution < -0.4 is 0 Å². The van der Waals surface area contributed by atoms with Crippen molar-refractivity contribution in [2.75, 3.05) is 13.1 Å². The second-order valence-electron chi connectivity index (χ2n) is 2.78. The summed E-state index contributed by atoms with van der Waals surface area (Å²) in [5.41, 5.74) is 0. The second kappa shape index (κ2) is 3.64. The fraction of sp³-hybridized carbons (Fsp3) is 0.222. The Bertz CT molecular complexity index is 350. The normalized spacial score (nSPS) is 15.3. The molecule has 1 aromatic rings. The summed E-state index contributed by atoms with van der Waals surface area (Å²) in [5.74, 6) is 0.117. The number of carbonyl (C=O) groups is 1. The van der Waals surface area contributed by atoms with Gasteiger partial charge in [-0.3, -0.25) is 4.79 Å². The predicted octanol–water partition coefficient (Wildman–Crippen LogP) is 2.52. The molecule has 1 aromatic heterocycles. The van der Waals surface area contributed by atoms with Crippen LogP contribution in [-0.4, -0.2) is 23.9 Å². The molecule has 68 valence electrons. The Kier molecular flexibility index (Phi) is 2.51. The van der Waals surface area contributed by atoms with Gasteiger partial charge in [-0.1, -0.05) is 12.2 Å². The first-order valence-electron chi connectivity index (χ1n) is 3.96. The van der Waals surface area contributed by atoms with Crippen LogP contribution in [0.25, 0.3) is 0 Å². The lowest BCUT2D eigenvalue weighted by Gasteiger charge is -2.13. The summed E-state index contributed by atoms with van der Waals surface area (Å²) in [5, 5.41) is 1.92. The zero-order chi connectivity index (χ0) is 9.26. The Morgan fingerprint density at radius 3 is 2.69 bits per heavy atom. The van der Waals surface area contributed by atoms with E-state index in [1.807, 2.05) is 28.5 Å². The van der Waals surface area contributed by atoms with Gasteiger partial charge in [-0.15, -0.1) is 11.3 Å². The van der Waals surface area contributed by atoms with Crippen LogP contribution in [-0.2, 0) is 0 Å². The number of hydrogen-bond acceptors (Lipinski definition) is 2. The molecule has 0 bridgehead atoms. The molecular formula is C9H8BrNOS. The van der Waals surface area contributed by atoms with Crippen molar-refractivity contribution in [2.45, 2.75) is 0 Å².